The predicted molar refractivity (Wildman–Crippen MR) is 143 cm³/mol. The lowest BCUT2D eigenvalue weighted by Gasteiger charge is -2.28. The van der Waals surface area contributed by atoms with E-state index < -0.39 is 10.0 Å². The number of nitrogens with one attached hydrogen (secondary N) is 2. The van der Waals surface area contributed by atoms with E-state index in [1.165, 1.54) is 0 Å². The highest BCUT2D eigenvalue weighted by atomic mass is 32.2. The number of amides is 1. The van der Waals surface area contributed by atoms with E-state index in [4.69, 9.17) is 9.47 Å². The van der Waals surface area contributed by atoms with Gasteiger partial charge in [0.15, 0.2) is 0 Å². The van der Waals surface area contributed by atoms with Gasteiger partial charge in [0.2, 0.25) is 10.0 Å². The van der Waals surface area contributed by atoms with Crippen molar-refractivity contribution >= 4 is 33.1 Å². The van der Waals surface area contributed by atoms with Crippen LogP contribution in [-0.4, -0.2) is 65.5 Å². The highest BCUT2D eigenvalue weighted by molar-refractivity contribution is 7.89. The Balaban J connectivity index is 1.78. The topological polar surface area (TPSA) is 110 Å². The first kappa shape index (κ1) is 28.4. The van der Waals surface area contributed by atoms with Gasteiger partial charge in [0.05, 0.1) is 27.5 Å². The van der Waals surface area contributed by atoms with E-state index in [0.29, 0.717) is 25.3 Å². The molecule has 1 aromatic carbocycles. The van der Waals surface area contributed by atoms with Gasteiger partial charge in [-0.1, -0.05) is 13.0 Å². The molecule has 2 aromatic rings. The number of alkyl carbamates (subject to hydrolysis) is 1. The number of benzene rings is 1. The predicted octanol–water partition coefficient (Wildman–Crippen LogP) is 4.35. The van der Waals surface area contributed by atoms with Gasteiger partial charge in [0, 0.05) is 56.7 Å². The Labute approximate surface area is 218 Å². The molecule has 1 aliphatic rings. The maximum atomic E-state index is 13.1. The molecule has 2 N–H and O–H groups in total. The average molecular weight is 539 g/mol. The van der Waals surface area contributed by atoms with Crippen molar-refractivity contribution in [1.82, 2.24) is 15.0 Å². The lowest BCUT2D eigenvalue weighted by atomic mass is 9.86. The number of carbonyl (C=O) groups excluding carboxylic acids is 1. The lowest BCUT2D eigenvalue weighted by Crippen LogP contribution is -2.38. The van der Waals surface area contributed by atoms with Crippen molar-refractivity contribution in [2.45, 2.75) is 69.4 Å². The van der Waals surface area contributed by atoms with Crippen molar-refractivity contribution in [2.24, 2.45) is 0 Å². The van der Waals surface area contributed by atoms with Crippen LogP contribution in [0.5, 0.6) is 0 Å². The first-order valence-electron chi connectivity index (χ1n) is 12.4. The third kappa shape index (κ3) is 7.41. The third-order valence-corrected chi connectivity index (χ3v) is 8.97. The third-order valence-electron chi connectivity index (χ3n) is 6.19. The van der Waals surface area contributed by atoms with Gasteiger partial charge in [-0.15, -0.1) is 11.3 Å². The van der Waals surface area contributed by atoms with Crippen molar-refractivity contribution in [1.29, 1.82) is 0 Å². The number of hydrogen-bond donors (Lipinski definition) is 2. The molecule has 9 nitrogen and oxygen atoms in total. The molecule has 0 radical (unpaired) electrons. The zero-order valence-corrected chi connectivity index (χ0v) is 23.4. The smallest absolute Gasteiger partial charge is 0.407 e. The Morgan fingerprint density at radius 2 is 1.97 bits per heavy atom. The van der Waals surface area contributed by atoms with Gasteiger partial charge in [0.25, 0.3) is 0 Å². The summed E-state index contributed by atoms with van der Waals surface area (Å²) in [6.07, 6.45) is 4.80. The Morgan fingerprint density at radius 3 is 2.61 bits per heavy atom. The van der Waals surface area contributed by atoms with Gasteiger partial charge < -0.3 is 19.7 Å². The number of rotatable bonds is 11. The van der Waals surface area contributed by atoms with Crippen LogP contribution in [0.2, 0.25) is 0 Å². The van der Waals surface area contributed by atoms with E-state index in [1.807, 2.05) is 37.9 Å². The molecule has 200 valence electrons. The van der Waals surface area contributed by atoms with Crippen LogP contribution in [0.1, 0.15) is 57.4 Å². The van der Waals surface area contributed by atoms with Crippen LogP contribution < -0.4 is 14.9 Å². The minimum Gasteiger partial charge on any atom is -0.447 e. The fourth-order valence-corrected chi connectivity index (χ4v) is 6.77. The quantitative estimate of drug-likeness (QED) is 0.438. The number of ether oxygens (including phenoxy) is 2. The number of likely N-dealkylation sites (N-methyl/N-ethyl adjacent to an activating group) is 1. The molecular weight excluding hydrogens is 500 g/mol. The highest BCUT2D eigenvalue weighted by Gasteiger charge is 2.27. The fourth-order valence-electron chi connectivity index (χ4n) is 4.30. The summed E-state index contributed by atoms with van der Waals surface area (Å²) in [5.74, 6) is 0.288. The van der Waals surface area contributed by atoms with Crippen LogP contribution in [0.15, 0.2) is 29.3 Å². The van der Waals surface area contributed by atoms with E-state index >= 15 is 0 Å². The minimum absolute atomic E-state index is 0.103. The molecular formula is C25H38N4O5S2. The molecule has 1 amide bonds. The highest BCUT2D eigenvalue weighted by Crippen LogP contribution is 2.40. The normalized spacial score (nSPS) is 18.3. The number of methoxy groups -OCH3 is 1. The lowest BCUT2D eigenvalue weighted by molar-refractivity contribution is 0.109. The van der Waals surface area contributed by atoms with Crippen LogP contribution in [0.3, 0.4) is 0 Å². The Morgan fingerprint density at radius 1 is 1.25 bits per heavy atom. The van der Waals surface area contributed by atoms with E-state index in [2.05, 4.69) is 15.0 Å². The number of anilines is 1. The van der Waals surface area contributed by atoms with Crippen LogP contribution in [0.25, 0.3) is 10.4 Å². The summed E-state index contributed by atoms with van der Waals surface area (Å²) in [6, 6.07) is 5.62. The molecule has 0 saturated heterocycles. The fraction of sp³-hybridized carbons (Fsp3) is 0.600. The van der Waals surface area contributed by atoms with Crippen LogP contribution in [0, 0.1) is 0 Å². The zero-order chi connectivity index (χ0) is 26.3. The molecule has 0 bridgehead atoms. The summed E-state index contributed by atoms with van der Waals surface area (Å²) >= 11 is 1.54. The molecule has 0 spiro atoms. The Kier molecular flexibility index (Phi) is 10.1. The van der Waals surface area contributed by atoms with E-state index in [1.54, 1.807) is 37.6 Å². The molecule has 3 rings (SSSR count). The van der Waals surface area contributed by atoms with Gasteiger partial charge in [-0.3, -0.25) is 0 Å². The molecule has 36 heavy (non-hydrogen) atoms. The van der Waals surface area contributed by atoms with Gasteiger partial charge >= 0.3 is 6.09 Å². The average Bonchev–Trinajstić information content (AvgIpc) is 3.32. The molecule has 0 aliphatic heterocycles. The van der Waals surface area contributed by atoms with Crippen LogP contribution in [0.4, 0.5) is 10.5 Å². The number of sulfonamides is 1. The maximum absolute atomic E-state index is 13.1. The molecule has 1 saturated carbocycles. The second-order valence-corrected chi connectivity index (χ2v) is 12.1. The SMILES string of the molecule is CCNS(=O)(=O)c1cc(N(C)CCOC)ccc1-c1cnc(C2CCC(NC(=O)OC(C)C)CC2)s1. The Bertz CT molecular complexity index is 1110. The second-order valence-electron chi connectivity index (χ2n) is 9.31. The number of carbonyl (C=O) groups is 1. The van der Waals surface area contributed by atoms with Crippen molar-refractivity contribution < 1.29 is 22.7 Å². The summed E-state index contributed by atoms with van der Waals surface area (Å²) in [6.45, 7) is 6.93. The summed E-state index contributed by atoms with van der Waals surface area (Å²) in [4.78, 5) is 19.6. The molecule has 11 heteroatoms. The second kappa shape index (κ2) is 12.8. The van der Waals surface area contributed by atoms with Crippen molar-refractivity contribution in [2.75, 3.05) is 38.8 Å². The minimum atomic E-state index is -3.69. The number of hydrogen-bond acceptors (Lipinski definition) is 8. The zero-order valence-electron chi connectivity index (χ0n) is 21.7. The maximum Gasteiger partial charge on any atom is 0.407 e. The molecule has 0 atom stereocenters. The molecule has 1 heterocycles. The Hall–Kier alpha value is -2.21. The van der Waals surface area contributed by atoms with Crippen molar-refractivity contribution in [3.05, 3.63) is 29.4 Å². The summed E-state index contributed by atoms with van der Waals surface area (Å²) in [5.41, 5.74) is 1.45. The van der Waals surface area contributed by atoms with Crippen molar-refractivity contribution in [3.8, 4) is 10.4 Å². The van der Waals surface area contributed by atoms with Gasteiger partial charge in [-0.2, -0.15) is 0 Å². The molecule has 0 unspecified atom stereocenters. The van der Waals surface area contributed by atoms with Crippen LogP contribution >= 0.6 is 11.3 Å². The largest absolute Gasteiger partial charge is 0.447 e. The van der Waals surface area contributed by atoms with Gasteiger partial charge in [-0.25, -0.2) is 22.9 Å². The van der Waals surface area contributed by atoms with Crippen molar-refractivity contribution in [3.63, 3.8) is 0 Å². The van der Waals surface area contributed by atoms with E-state index in [-0.39, 0.29) is 29.1 Å². The molecule has 1 aromatic heterocycles. The standard InChI is InChI=1S/C25H38N4O5S2/c1-6-27-36(31,32)23-15-20(29(4)13-14-33-5)11-12-21(23)22-16-26-24(35-22)18-7-9-19(10-8-18)28-25(30)34-17(2)3/h11-12,15-19,27H,6-10,13-14H2,1-5H3,(H,28,30). The van der Waals surface area contributed by atoms with Gasteiger partial charge in [-0.05, 0) is 51.7 Å². The number of aromatic nitrogens is 1. The molecule has 1 fully saturated rings. The van der Waals surface area contributed by atoms with E-state index in [0.717, 1.165) is 41.3 Å². The number of nitrogens with zero attached hydrogens (tertiary/aromatic N) is 2. The molecule has 1 aliphatic carbocycles. The van der Waals surface area contributed by atoms with Gasteiger partial charge in [0.1, 0.15) is 0 Å². The number of thiazole rings is 1. The van der Waals surface area contributed by atoms with Crippen LogP contribution in [-0.2, 0) is 19.5 Å². The first-order chi connectivity index (χ1) is 17.1. The summed E-state index contributed by atoms with van der Waals surface area (Å²) in [7, 11) is -0.135. The summed E-state index contributed by atoms with van der Waals surface area (Å²) < 4.78 is 39.2. The summed E-state index contributed by atoms with van der Waals surface area (Å²) in [5, 5.41) is 3.95. The first-order valence-corrected chi connectivity index (χ1v) is 14.7. The van der Waals surface area contributed by atoms with E-state index in [9.17, 15) is 13.2 Å². The monoisotopic (exact) mass is 538 g/mol.